The zero-order valence-electron chi connectivity index (χ0n) is 14.4. The lowest BCUT2D eigenvalue weighted by atomic mass is 10.2. The van der Waals surface area contributed by atoms with Gasteiger partial charge in [-0.05, 0) is 31.2 Å². The number of hydrogen-bond donors (Lipinski definition) is 0. The Labute approximate surface area is 145 Å². The van der Waals surface area contributed by atoms with E-state index in [2.05, 4.69) is 24.8 Å². The van der Waals surface area contributed by atoms with Crippen LogP contribution in [0.15, 0.2) is 41.6 Å². The van der Waals surface area contributed by atoms with Crippen LogP contribution < -0.4 is 15.4 Å². The highest BCUT2D eigenvalue weighted by atomic mass is 16.1. The second kappa shape index (κ2) is 6.16. The van der Waals surface area contributed by atoms with Gasteiger partial charge in [0.1, 0.15) is 11.6 Å². The Hall–Kier alpha value is -2.96. The normalized spacial score (nSPS) is 15.0. The first-order valence-corrected chi connectivity index (χ1v) is 8.37. The van der Waals surface area contributed by atoms with Crippen LogP contribution >= 0.6 is 0 Å². The van der Waals surface area contributed by atoms with Crippen molar-refractivity contribution >= 4 is 22.4 Å². The van der Waals surface area contributed by atoms with Crippen molar-refractivity contribution in [1.82, 2.24) is 19.5 Å². The molecule has 0 saturated carbocycles. The highest BCUT2D eigenvalue weighted by Gasteiger charge is 2.19. The van der Waals surface area contributed by atoms with Gasteiger partial charge in [-0.3, -0.25) is 4.79 Å². The molecule has 1 aliphatic rings. The Morgan fingerprint density at radius 3 is 2.52 bits per heavy atom. The number of hydrogen-bond acceptors (Lipinski definition) is 6. The summed E-state index contributed by atoms with van der Waals surface area (Å²) in [4.78, 5) is 29.8. The molecule has 1 saturated heterocycles. The van der Waals surface area contributed by atoms with Gasteiger partial charge in [0.25, 0.3) is 5.56 Å². The Morgan fingerprint density at radius 1 is 1.00 bits per heavy atom. The van der Waals surface area contributed by atoms with E-state index in [0.717, 1.165) is 49.0 Å². The van der Waals surface area contributed by atoms with Crippen LogP contribution in [0.1, 0.15) is 5.82 Å². The summed E-state index contributed by atoms with van der Waals surface area (Å²) in [7, 11) is 1.72. The fourth-order valence-corrected chi connectivity index (χ4v) is 3.21. The number of aromatic nitrogens is 4. The third-order valence-corrected chi connectivity index (χ3v) is 4.63. The van der Waals surface area contributed by atoms with Crippen LogP contribution in [0.4, 0.5) is 11.5 Å². The van der Waals surface area contributed by atoms with E-state index in [-0.39, 0.29) is 5.56 Å². The van der Waals surface area contributed by atoms with Gasteiger partial charge in [-0.2, -0.15) is 0 Å². The van der Waals surface area contributed by atoms with E-state index in [4.69, 9.17) is 0 Å². The van der Waals surface area contributed by atoms with Gasteiger partial charge in [0.15, 0.2) is 0 Å². The molecule has 0 radical (unpaired) electrons. The first kappa shape index (κ1) is 15.6. The molecule has 3 aromatic rings. The van der Waals surface area contributed by atoms with Crippen LogP contribution in [0.25, 0.3) is 10.9 Å². The molecule has 7 nitrogen and oxygen atoms in total. The summed E-state index contributed by atoms with van der Waals surface area (Å²) in [6.45, 7) is 5.52. The molecule has 0 aliphatic carbocycles. The largest absolute Gasteiger partial charge is 0.368 e. The van der Waals surface area contributed by atoms with Crippen LogP contribution in [0.5, 0.6) is 0 Å². The number of aryl methyl sites for hydroxylation is 2. The Morgan fingerprint density at radius 2 is 1.76 bits per heavy atom. The minimum Gasteiger partial charge on any atom is -0.368 e. The van der Waals surface area contributed by atoms with E-state index in [0.29, 0.717) is 5.39 Å². The lowest BCUT2D eigenvalue weighted by molar-refractivity contribution is 0.646. The highest BCUT2D eigenvalue weighted by molar-refractivity contribution is 5.81. The summed E-state index contributed by atoms with van der Waals surface area (Å²) in [6.07, 6.45) is 3.38. The Bertz CT molecular complexity index is 975. The van der Waals surface area contributed by atoms with Gasteiger partial charge in [0.05, 0.1) is 17.2 Å². The van der Waals surface area contributed by atoms with Crippen molar-refractivity contribution < 1.29 is 0 Å². The van der Waals surface area contributed by atoms with E-state index in [1.54, 1.807) is 19.6 Å². The summed E-state index contributed by atoms with van der Waals surface area (Å²) in [5.41, 5.74) is 1.83. The van der Waals surface area contributed by atoms with Gasteiger partial charge in [-0.25, -0.2) is 15.0 Å². The molecule has 1 aliphatic heterocycles. The molecule has 0 unspecified atom stereocenters. The van der Waals surface area contributed by atoms with Crippen LogP contribution in [0.3, 0.4) is 0 Å². The van der Waals surface area contributed by atoms with Gasteiger partial charge in [-0.15, -0.1) is 0 Å². The molecular weight excluding hydrogens is 316 g/mol. The van der Waals surface area contributed by atoms with Crippen LogP contribution in [-0.4, -0.2) is 45.7 Å². The third kappa shape index (κ3) is 2.93. The van der Waals surface area contributed by atoms with Crippen molar-refractivity contribution in [2.75, 3.05) is 36.0 Å². The number of nitrogens with zero attached hydrogens (tertiary/aromatic N) is 6. The van der Waals surface area contributed by atoms with E-state index in [9.17, 15) is 4.79 Å². The first-order chi connectivity index (χ1) is 12.1. The van der Waals surface area contributed by atoms with E-state index < -0.39 is 0 Å². The molecular formula is C18H20N6O. The molecule has 4 rings (SSSR count). The van der Waals surface area contributed by atoms with Crippen LogP contribution in [-0.2, 0) is 7.05 Å². The summed E-state index contributed by atoms with van der Waals surface area (Å²) in [5, 5.41) is 0.656. The monoisotopic (exact) mass is 336 g/mol. The number of piperazine rings is 1. The summed E-state index contributed by atoms with van der Waals surface area (Å²) in [5.74, 6) is 1.78. The molecule has 0 amide bonds. The van der Waals surface area contributed by atoms with Crippen LogP contribution in [0, 0.1) is 6.92 Å². The van der Waals surface area contributed by atoms with Crippen molar-refractivity contribution in [3.05, 3.63) is 53.0 Å². The topological polar surface area (TPSA) is 67.2 Å². The van der Waals surface area contributed by atoms with Crippen molar-refractivity contribution in [3.8, 4) is 0 Å². The van der Waals surface area contributed by atoms with Gasteiger partial charge in [-0.1, -0.05) is 0 Å². The zero-order chi connectivity index (χ0) is 17.4. The molecule has 1 fully saturated rings. The molecule has 0 bridgehead atoms. The molecule has 3 heterocycles. The maximum atomic E-state index is 12.1. The maximum absolute atomic E-state index is 12.1. The van der Waals surface area contributed by atoms with Crippen molar-refractivity contribution in [3.63, 3.8) is 0 Å². The van der Waals surface area contributed by atoms with Gasteiger partial charge >= 0.3 is 0 Å². The second-order valence-corrected chi connectivity index (χ2v) is 6.30. The third-order valence-electron chi connectivity index (χ3n) is 4.63. The molecule has 128 valence electrons. The molecule has 0 N–H and O–H groups in total. The highest BCUT2D eigenvalue weighted by Crippen LogP contribution is 2.22. The smallest absolute Gasteiger partial charge is 0.260 e. The molecule has 2 aromatic heterocycles. The van der Waals surface area contributed by atoms with E-state index >= 15 is 0 Å². The second-order valence-electron chi connectivity index (χ2n) is 6.30. The SMILES string of the molecule is Cc1nccc(N2CCN(c3ccc4c(=O)n(C)cnc4c3)CC2)n1. The number of rotatable bonds is 2. The zero-order valence-corrected chi connectivity index (χ0v) is 14.4. The average Bonchev–Trinajstić information content (AvgIpc) is 2.65. The molecule has 0 spiro atoms. The summed E-state index contributed by atoms with van der Waals surface area (Å²) >= 11 is 0. The first-order valence-electron chi connectivity index (χ1n) is 8.37. The van der Waals surface area contributed by atoms with E-state index in [1.807, 2.05) is 31.2 Å². The number of fused-ring (bicyclic) bond motifs is 1. The Balaban J connectivity index is 1.53. The quantitative estimate of drug-likeness (QED) is 0.704. The number of benzene rings is 1. The number of anilines is 2. The van der Waals surface area contributed by atoms with Gasteiger partial charge in [0.2, 0.25) is 0 Å². The fourth-order valence-electron chi connectivity index (χ4n) is 3.21. The minimum absolute atomic E-state index is 0.0134. The maximum Gasteiger partial charge on any atom is 0.260 e. The predicted molar refractivity (Wildman–Crippen MR) is 98.2 cm³/mol. The van der Waals surface area contributed by atoms with Crippen molar-refractivity contribution in [1.29, 1.82) is 0 Å². The lowest BCUT2D eigenvalue weighted by Crippen LogP contribution is -2.46. The summed E-state index contributed by atoms with van der Waals surface area (Å²) in [6, 6.07) is 7.84. The molecule has 1 aromatic carbocycles. The van der Waals surface area contributed by atoms with E-state index in [1.165, 1.54) is 4.57 Å². The molecule has 25 heavy (non-hydrogen) atoms. The average molecular weight is 336 g/mol. The predicted octanol–water partition coefficient (Wildman–Crippen LogP) is 1.36. The molecule has 7 heteroatoms. The minimum atomic E-state index is -0.0134. The molecule has 0 atom stereocenters. The van der Waals surface area contributed by atoms with Crippen molar-refractivity contribution in [2.45, 2.75) is 6.92 Å². The summed E-state index contributed by atoms with van der Waals surface area (Å²) < 4.78 is 1.50. The van der Waals surface area contributed by atoms with Crippen LogP contribution in [0.2, 0.25) is 0 Å². The lowest BCUT2D eigenvalue weighted by Gasteiger charge is -2.36. The van der Waals surface area contributed by atoms with Crippen molar-refractivity contribution in [2.24, 2.45) is 7.05 Å². The standard InChI is InChI=1S/C18H20N6O/c1-13-19-6-5-17(21-13)24-9-7-23(8-10-24)14-3-4-15-16(11-14)20-12-22(2)18(15)25/h3-6,11-12H,7-10H2,1-2H3. The van der Waals surface area contributed by atoms with Gasteiger partial charge < -0.3 is 14.4 Å². The van der Waals surface area contributed by atoms with Gasteiger partial charge in [0, 0.05) is 45.1 Å². The Kier molecular flexibility index (Phi) is 3.83. The fraction of sp³-hybridized carbons (Fsp3) is 0.333.